The Morgan fingerprint density at radius 3 is 2.44 bits per heavy atom. The number of aromatic nitrogens is 1. The van der Waals surface area contributed by atoms with Crippen molar-refractivity contribution in [1.29, 1.82) is 0 Å². The molecule has 1 heterocycles. The molecule has 96 valence electrons. The van der Waals surface area contributed by atoms with Crippen LogP contribution in [0.2, 0.25) is 0 Å². The summed E-state index contributed by atoms with van der Waals surface area (Å²) in [6.45, 7) is 4.54. The number of aryl methyl sites for hydroxylation is 1. The third-order valence-corrected chi connectivity index (χ3v) is 3.54. The zero-order valence-electron chi connectivity index (χ0n) is 10.2. The molecule has 5 heteroatoms. The molecule has 0 aliphatic rings. The van der Waals surface area contributed by atoms with Crippen LogP contribution in [0.15, 0.2) is 23.6 Å². The predicted molar refractivity (Wildman–Crippen MR) is 68.7 cm³/mol. The highest BCUT2D eigenvalue weighted by atomic mass is 32.1. The molecule has 1 N–H and O–H groups in total. The second-order valence-electron chi connectivity index (χ2n) is 4.02. The van der Waals surface area contributed by atoms with Gasteiger partial charge in [0.05, 0.1) is 6.04 Å². The van der Waals surface area contributed by atoms with Crippen LogP contribution in [0.1, 0.15) is 29.2 Å². The average Bonchev–Trinajstić information content (AvgIpc) is 2.71. The third-order valence-electron chi connectivity index (χ3n) is 2.51. The van der Waals surface area contributed by atoms with Gasteiger partial charge in [0.2, 0.25) is 0 Å². The number of thiazole rings is 1. The van der Waals surface area contributed by atoms with Gasteiger partial charge < -0.3 is 5.32 Å². The van der Waals surface area contributed by atoms with Gasteiger partial charge in [-0.15, -0.1) is 11.3 Å². The minimum absolute atomic E-state index is 0.265. The van der Waals surface area contributed by atoms with Crippen LogP contribution in [0.25, 0.3) is 0 Å². The van der Waals surface area contributed by atoms with Crippen LogP contribution in [0.3, 0.4) is 0 Å². The monoisotopic (exact) mass is 268 g/mol. The molecule has 1 aromatic carbocycles. The number of nitrogens with one attached hydrogen (secondary N) is 1. The lowest BCUT2D eigenvalue weighted by molar-refractivity contribution is 0.564. The Morgan fingerprint density at radius 2 is 1.94 bits per heavy atom. The molecule has 0 aliphatic heterocycles. The van der Waals surface area contributed by atoms with E-state index in [-0.39, 0.29) is 6.04 Å². The second kappa shape index (κ2) is 5.54. The average molecular weight is 268 g/mol. The Balaban J connectivity index is 2.40. The standard InChI is InChI=1S/C13H14F2N2S/c1-3-16-12(13-17-8(2)7-18-13)9-4-10(14)6-11(15)5-9/h4-7,12,16H,3H2,1-2H3. The van der Waals surface area contributed by atoms with Crippen molar-refractivity contribution in [3.8, 4) is 0 Å². The molecular formula is C13H14F2N2S. The number of rotatable bonds is 4. The Kier molecular flexibility index (Phi) is 4.04. The Morgan fingerprint density at radius 1 is 1.28 bits per heavy atom. The van der Waals surface area contributed by atoms with E-state index in [1.165, 1.54) is 23.5 Å². The zero-order chi connectivity index (χ0) is 13.1. The number of halogens is 2. The number of nitrogens with zero attached hydrogens (tertiary/aromatic N) is 1. The summed E-state index contributed by atoms with van der Waals surface area (Å²) >= 11 is 1.49. The van der Waals surface area contributed by atoms with Crippen molar-refractivity contribution in [3.63, 3.8) is 0 Å². The van der Waals surface area contributed by atoms with E-state index in [4.69, 9.17) is 0 Å². The molecule has 0 bridgehead atoms. The van der Waals surface area contributed by atoms with Gasteiger partial charge in [0.15, 0.2) is 0 Å². The van der Waals surface area contributed by atoms with Gasteiger partial charge in [-0.2, -0.15) is 0 Å². The van der Waals surface area contributed by atoms with E-state index in [1.54, 1.807) is 0 Å². The molecule has 2 nitrogen and oxygen atoms in total. The van der Waals surface area contributed by atoms with Gasteiger partial charge in [-0.3, -0.25) is 0 Å². The summed E-state index contributed by atoms with van der Waals surface area (Å²) in [4.78, 5) is 4.38. The molecule has 2 rings (SSSR count). The normalized spacial score (nSPS) is 12.7. The van der Waals surface area contributed by atoms with Crippen LogP contribution < -0.4 is 5.32 Å². The fourth-order valence-corrected chi connectivity index (χ4v) is 2.69. The van der Waals surface area contributed by atoms with Gasteiger partial charge in [-0.05, 0) is 31.2 Å². The highest BCUT2D eigenvalue weighted by Gasteiger charge is 2.17. The summed E-state index contributed by atoms with van der Waals surface area (Å²) in [6.07, 6.45) is 0. The molecular weight excluding hydrogens is 254 g/mol. The van der Waals surface area contributed by atoms with E-state index in [0.29, 0.717) is 12.1 Å². The third kappa shape index (κ3) is 2.91. The first-order chi connectivity index (χ1) is 8.60. The van der Waals surface area contributed by atoms with Gasteiger partial charge >= 0.3 is 0 Å². The lowest BCUT2D eigenvalue weighted by Gasteiger charge is -2.16. The molecule has 0 spiro atoms. The van der Waals surface area contributed by atoms with Crippen LogP contribution in [0.4, 0.5) is 8.78 Å². The number of hydrogen-bond donors (Lipinski definition) is 1. The molecule has 1 unspecified atom stereocenters. The minimum Gasteiger partial charge on any atom is -0.305 e. The molecule has 0 radical (unpaired) electrons. The molecule has 18 heavy (non-hydrogen) atoms. The maximum absolute atomic E-state index is 13.3. The topological polar surface area (TPSA) is 24.9 Å². The highest BCUT2D eigenvalue weighted by molar-refractivity contribution is 7.09. The van der Waals surface area contributed by atoms with Gasteiger partial charge in [0.25, 0.3) is 0 Å². The lowest BCUT2D eigenvalue weighted by Crippen LogP contribution is -2.22. The Hall–Kier alpha value is -1.33. The molecule has 1 aromatic heterocycles. The maximum atomic E-state index is 13.3. The van der Waals surface area contributed by atoms with Crippen LogP contribution in [-0.2, 0) is 0 Å². The summed E-state index contributed by atoms with van der Waals surface area (Å²) < 4.78 is 26.5. The van der Waals surface area contributed by atoms with Crippen molar-refractivity contribution < 1.29 is 8.78 Å². The van der Waals surface area contributed by atoms with Crippen molar-refractivity contribution in [2.24, 2.45) is 0 Å². The highest BCUT2D eigenvalue weighted by Crippen LogP contribution is 2.26. The molecule has 0 saturated heterocycles. The van der Waals surface area contributed by atoms with E-state index in [1.807, 2.05) is 19.2 Å². The van der Waals surface area contributed by atoms with Gasteiger partial charge in [0.1, 0.15) is 16.6 Å². The molecule has 0 amide bonds. The molecule has 0 fully saturated rings. The predicted octanol–water partition coefficient (Wildman–Crippen LogP) is 3.43. The summed E-state index contributed by atoms with van der Waals surface area (Å²) in [6, 6.07) is 3.29. The van der Waals surface area contributed by atoms with Crippen LogP contribution in [0.5, 0.6) is 0 Å². The maximum Gasteiger partial charge on any atom is 0.126 e. The smallest absolute Gasteiger partial charge is 0.126 e. The van der Waals surface area contributed by atoms with Gasteiger partial charge in [0, 0.05) is 17.1 Å². The van der Waals surface area contributed by atoms with E-state index in [2.05, 4.69) is 10.3 Å². The first-order valence-electron chi connectivity index (χ1n) is 5.71. The van der Waals surface area contributed by atoms with Crippen LogP contribution in [-0.4, -0.2) is 11.5 Å². The molecule has 1 atom stereocenters. The van der Waals surface area contributed by atoms with Crippen molar-refractivity contribution in [1.82, 2.24) is 10.3 Å². The Labute approximate surface area is 109 Å². The quantitative estimate of drug-likeness (QED) is 0.919. The van der Waals surface area contributed by atoms with Gasteiger partial charge in [-0.25, -0.2) is 13.8 Å². The molecule has 0 aliphatic carbocycles. The fourth-order valence-electron chi connectivity index (χ4n) is 1.80. The number of benzene rings is 1. The second-order valence-corrected chi connectivity index (χ2v) is 4.91. The SMILES string of the molecule is CCNC(c1cc(F)cc(F)c1)c1nc(C)cs1. The van der Waals surface area contributed by atoms with E-state index in [9.17, 15) is 8.78 Å². The lowest BCUT2D eigenvalue weighted by atomic mass is 10.1. The van der Waals surface area contributed by atoms with Crippen molar-refractivity contribution in [2.45, 2.75) is 19.9 Å². The molecule has 0 saturated carbocycles. The fraction of sp³-hybridized carbons (Fsp3) is 0.308. The molecule has 2 aromatic rings. The summed E-state index contributed by atoms with van der Waals surface area (Å²) in [5.74, 6) is -1.14. The Bertz CT molecular complexity index is 519. The van der Waals surface area contributed by atoms with Gasteiger partial charge in [-0.1, -0.05) is 6.92 Å². The summed E-state index contributed by atoms with van der Waals surface area (Å²) in [7, 11) is 0. The largest absolute Gasteiger partial charge is 0.305 e. The first kappa shape index (κ1) is 13.1. The van der Waals surface area contributed by atoms with Crippen LogP contribution in [0, 0.1) is 18.6 Å². The van der Waals surface area contributed by atoms with Crippen molar-refractivity contribution in [2.75, 3.05) is 6.54 Å². The first-order valence-corrected chi connectivity index (χ1v) is 6.59. The van der Waals surface area contributed by atoms with E-state index < -0.39 is 11.6 Å². The van der Waals surface area contributed by atoms with Crippen molar-refractivity contribution >= 4 is 11.3 Å². The minimum atomic E-state index is -0.568. The van der Waals surface area contributed by atoms with E-state index in [0.717, 1.165) is 16.8 Å². The summed E-state index contributed by atoms with van der Waals surface area (Å²) in [5.41, 5.74) is 1.47. The van der Waals surface area contributed by atoms with Crippen molar-refractivity contribution in [3.05, 3.63) is 51.5 Å². The summed E-state index contributed by atoms with van der Waals surface area (Å²) in [5, 5.41) is 5.94. The number of hydrogen-bond acceptors (Lipinski definition) is 3. The van der Waals surface area contributed by atoms with E-state index >= 15 is 0 Å². The van der Waals surface area contributed by atoms with Crippen LogP contribution >= 0.6 is 11.3 Å². The zero-order valence-corrected chi connectivity index (χ0v) is 11.0.